The number of aliphatic imine (C=N–C) groups is 1. The van der Waals surface area contributed by atoms with Crippen molar-refractivity contribution in [1.29, 1.82) is 0 Å². The lowest BCUT2D eigenvalue weighted by Gasteiger charge is -2.21. The largest absolute Gasteiger partial charge is 0.497 e. The molecule has 28 heavy (non-hydrogen) atoms. The van der Waals surface area contributed by atoms with Crippen LogP contribution in [0.1, 0.15) is 5.82 Å². The second-order valence-corrected chi connectivity index (χ2v) is 5.93. The molecule has 0 amide bonds. The number of furan rings is 1. The van der Waals surface area contributed by atoms with Gasteiger partial charge in [0.15, 0.2) is 11.7 Å². The van der Waals surface area contributed by atoms with E-state index in [2.05, 4.69) is 25.5 Å². The molecule has 0 aliphatic rings. The van der Waals surface area contributed by atoms with Crippen LogP contribution in [-0.2, 0) is 6.54 Å². The minimum Gasteiger partial charge on any atom is -0.497 e. The Labute approximate surface area is 163 Å². The standard InChI is InChI=1S/C19H24N6O3/c1-20-19(21-13-17-22-18(24-23-17)16-5-4-11-28-16)25(2)10-12-27-15-8-6-14(26-3)7-9-15/h4-9,11H,10,12-13H2,1-3H3,(H,20,21)(H,22,23,24). The molecule has 9 nitrogen and oxygen atoms in total. The number of aromatic nitrogens is 3. The van der Waals surface area contributed by atoms with E-state index in [1.807, 2.05) is 42.3 Å². The Morgan fingerprint density at radius 3 is 2.71 bits per heavy atom. The summed E-state index contributed by atoms with van der Waals surface area (Å²) >= 11 is 0. The molecular formula is C19H24N6O3. The van der Waals surface area contributed by atoms with Crippen LogP contribution in [0.15, 0.2) is 52.1 Å². The SMILES string of the molecule is CN=C(NCc1nc(-c2ccco2)n[nH]1)N(C)CCOc1ccc(OC)cc1. The molecule has 0 unspecified atom stereocenters. The summed E-state index contributed by atoms with van der Waals surface area (Å²) < 4.78 is 16.2. The first-order chi connectivity index (χ1) is 13.7. The number of nitrogens with zero attached hydrogens (tertiary/aromatic N) is 4. The number of likely N-dealkylation sites (N-methyl/N-ethyl adjacent to an activating group) is 1. The quantitative estimate of drug-likeness (QED) is 0.453. The maximum absolute atomic E-state index is 5.76. The average molecular weight is 384 g/mol. The van der Waals surface area contributed by atoms with Crippen LogP contribution < -0.4 is 14.8 Å². The van der Waals surface area contributed by atoms with Crippen molar-refractivity contribution in [2.24, 2.45) is 4.99 Å². The Hall–Kier alpha value is -3.49. The van der Waals surface area contributed by atoms with E-state index in [-0.39, 0.29) is 0 Å². The highest BCUT2D eigenvalue weighted by Gasteiger charge is 2.10. The molecule has 0 aliphatic heterocycles. The number of aromatic amines is 1. The average Bonchev–Trinajstić information content (AvgIpc) is 3.41. The van der Waals surface area contributed by atoms with Crippen LogP contribution in [0.5, 0.6) is 11.5 Å². The van der Waals surface area contributed by atoms with Crippen LogP contribution in [0.3, 0.4) is 0 Å². The summed E-state index contributed by atoms with van der Waals surface area (Å²) in [6, 6.07) is 11.1. The summed E-state index contributed by atoms with van der Waals surface area (Å²) in [5.74, 6) is 4.17. The predicted molar refractivity (Wildman–Crippen MR) is 105 cm³/mol. The molecule has 2 heterocycles. The first kappa shape index (κ1) is 19.3. The van der Waals surface area contributed by atoms with Crippen molar-refractivity contribution >= 4 is 5.96 Å². The molecule has 0 radical (unpaired) electrons. The van der Waals surface area contributed by atoms with Gasteiger partial charge in [-0.25, -0.2) is 4.98 Å². The lowest BCUT2D eigenvalue weighted by atomic mass is 10.3. The van der Waals surface area contributed by atoms with E-state index < -0.39 is 0 Å². The fourth-order valence-corrected chi connectivity index (χ4v) is 2.52. The molecule has 0 saturated heterocycles. The minimum atomic E-state index is 0.462. The molecule has 0 spiro atoms. The van der Waals surface area contributed by atoms with Gasteiger partial charge in [0.25, 0.3) is 0 Å². The normalized spacial score (nSPS) is 11.3. The number of guanidine groups is 1. The van der Waals surface area contributed by atoms with Crippen molar-refractivity contribution in [2.75, 3.05) is 34.4 Å². The number of hydrogen-bond donors (Lipinski definition) is 2. The second kappa shape index (κ2) is 9.45. The monoisotopic (exact) mass is 384 g/mol. The maximum Gasteiger partial charge on any atom is 0.216 e. The lowest BCUT2D eigenvalue weighted by Crippen LogP contribution is -2.40. The number of nitrogens with one attached hydrogen (secondary N) is 2. The van der Waals surface area contributed by atoms with Crippen LogP contribution in [0, 0.1) is 0 Å². The van der Waals surface area contributed by atoms with Gasteiger partial charge in [0.2, 0.25) is 5.82 Å². The third kappa shape index (κ3) is 5.03. The number of ether oxygens (including phenoxy) is 2. The molecular weight excluding hydrogens is 360 g/mol. The van der Waals surface area contributed by atoms with Crippen LogP contribution >= 0.6 is 0 Å². The molecule has 0 atom stereocenters. The zero-order valence-corrected chi connectivity index (χ0v) is 16.2. The Bertz CT molecular complexity index is 873. The maximum atomic E-state index is 5.76. The van der Waals surface area contributed by atoms with E-state index in [0.29, 0.717) is 37.1 Å². The Morgan fingerprint density at radius 1 is 1.25 bits per heavy atom. The van der Waals surface area contributed by atoms with Gasteiger partial charge in [-0.15, -0.1) is 5.10 Å². The summed E-state index contributed by atoms with van der Waals surface area (Å²) in [4.78, 5) is 10.7. The van der Waals surface area contributed by atoms with Crippen molar-refractivity contribution in [1.82, 2.24) is 25.4 Å². The van der Waals surface area contributed by atoms with Crippen molar-refractivity contribution in [3.8, 4) is 23.1 Å². The molecule has 9 heteroatoms. The third-order valence-corrected chi connectivity index (χ3v) is 4.02. The Morgan fingerprint density at radius 2 is 2.04 bits per heavy atom. The number of H-pyrrole nitrogens is 1. The second-order valence-electron chi connectivity index (χ2n) is 5.93. The van der Waals surface area contributed by atoms with E-state index >= 15 is 0 Å². The molecule has 3 rings (SSSR count). The molecule has 2 aromatic heterocycles. The van der Waals surface area contributed by atoms with Gasteiger partial charge in [0.1, 0.15) is 23.9 Å². The van der Waals surface area contributed by atoms with E-state index in [1.165, 1.54) is 0 Å². The highest BCUT2D eigenvalue weighted by atomic mass is 16.5. The summed E-state index contributed by atoms with van der Waals surface area (Å²) in [5.41, 5.74) is 0. The van der Waals surface area contributed by atoms with E-state index in [0.717, 1.165) is 17.5 Å². The predicted octanol–water partition coefficient (Wildman–Crippen LogP) is 2.16. The van der Waals surface area contributed by atoms with Gasteiger partial charge in [-0.05, 0) is 36.4 Å². The molecule has 148 valence electrons. The van der Waals surface area contributed by atoms with Crippen molar-refractivity contribution < 1.29 is 13.9 Å². The number of hydrogen-bond acceptors (Lipinski definition) is 6. The Kier molecular flexibility index (Phi) is 6.50. The topological polar surface area (TPSA) is 101 Å². The van der Waals surface area contributed by atoms with Crippen LogP contribution in [-0.4, -0.2) is 60.4 Å². The van der Waals surface area contributed by atoms with Gasteiger partial charge < -0.3 is 24.1 Å². The minimum absolute atomic E-state index is 0.462. The summed E-state index contributed by atoms with van der Waals surface area (Å²) in [6.07, 6.45) is 1.59. The molecule has 0 bridgehead atoms. The smallest absolute Gasteiger partial charge is 0.216 e. The fraction of sp³-hybridized carbons (Fsp3) is 0.316. The number of rotatable bonds is 8. The molecule has 0 fully saturated rings. The van der Waals surface area contributed by atoms with Crippen LogP contribution in [0.25, 0.3) is 11.6 Å². The highest BCUT2D eigenvalue weighted by Crippen LogP contribution is 2.17. The molecule has 0 aliphatic carbocycles. The lowest BCUT2D eigenvalue weighted by molar-refractivity contribution is 0.281. The molecule has 0 saturated carbocycles. The van der Waals surface area contributed by atoms with E-state index in [4.69, 9.17) is 13.9 Å². The molecule has 3 aromatic rings. The zero-order chi connectivity index (χ0) is 19.8. The van der Waals surface area contributed by atoms with Gasteiger partial charge in [0, 0.05) is 14.1 Å². The fourth-order valence-electron chi connectivity index (χ4n) is 2.52. The van der Waals surface area contributed by atoms with Crippen molar-refractivity contribution in [3.05, 3.63) is 48.5 Å². The van der Waals surface area contributed by atoms with Gasteiger partial charge in [-0.1, -0.05) is 0 Å². The summed E-state index contributed by atoms with van der Waals surface area (Å²) in [5, 5.41) is 10.3. The first-order valence-electron chi connectivity index (χ1n) is 8.83. The van der Waals surface area contributed by atoms with Gasteiger partial charge in [0.05, 0.1) is 26.5 Å². The number of benzene rings is 1. The van der Waals surface area contributed by atoms with Crippen LogP contribution in [0.2, 0.25) is 0 Å². The molecule has 2 N–H and O–H groups in total. The van der Waals surface area contributed by atoms with Crippen molar-refractivity contribution in [3.63, 3.8) is 0 Å². The molecule has 1 aromatic carbocycles. The van der Waals surface area contributed by atoms with E-state index in [1.54, 1.807) is 26.5 Å². The van der Waals surface area contributed by atoms with Crippen LogP contribution in [0.4, 0.5) is 0 Å². The van der Waals surface area contributed by atoms with Gasteiger partial charge >= 0.3 is 0 Å². The zero-order valence-electron chi connectivity index (χ0n) is 16.2. The Balaban J connectivity index is 1.45. The highest BCUT2D eigenvalue weighted by molar-refractivity contribution is 5.79. The van der Waals surface area contributed by atoms with Gasteiger partial charge in [-0.2, -0.15) is 0 Å². The third-order valence-electron chi connectivity index (χ3n) is 4.02. The summed E-state index contributed by atoms with van der Waals surface area (Å²) in [6.45, 7) is 1.65. The van der Waals surface area contributed by atoms with E-state index in [9.17, 15) is 0 Å². The number of methoxy groups -OCH3 is 1. The van der Waals surface area contributed by atoms with Gasteiger partial charge in [-0.3, -0.25) is 10.1 Å². The van der Waals surface area contributed by atoms with Crippen molar-refractivity contribution in [2.45, 2.75) is 6.54 Å². The summed E-state index contributed by atoms with van der Waals surface area (Å²) in [7, 11) is 5.32. The first-order valence-corrected chi connectivity index (χ1v) is 8.83.